The van der Waals surface area contributed by atoms with Crippen LogP contribution in [0.4, 0.5) is 19.0 Å². The van der Waals surface area contributed by atoms with Crippen LogP contribution in [0.1, 0.15) is 30.5 Å². The Kier molecular flexibility index (Phi) is 5.81. The van der Waals surface area contributed by atoms with E-state index in [9.17, 15) is 18.0 Å². The summed E-state index contributed by atoms with van der Waals surface area (Å²) in [4.78, 5) is 23.4. The highest BCUT2D eigenvalue weighted by atomic mass is 19.4. The largest absolute Gasteiger partial charge is 0.483 e. The summed E-state index contributed by atoms with van der Waals surface area (Å²) < 4.78 is 46.7. The second-order valence-corrected chi connectivity index (χ2v) is 8.11. The van der Waals surface area contributed by atoms with Crippen molar-refractivity contribution in [2.24, 2.45) is 7.05 Å². The summed E-state index contributed by atoms with van der Waals surface area (Å²) in [6.07, 6.45) is -2.37. The molecule has 32 heavy (non-hydrogen) atoms. The fourth-order valence-corrected chi connectivity index (χ4v) is 3.88. The molecular formula is C22H24F3N5O2. The van der Waals surface area contributed by atoms with Crippen LogP contribution in [0.5, 0.6) is 5.75 Å². The number of halogens is 3. The Morgan fingerprint density at radius 1 is 1.22 bits per heavy atom. The Labute approximate surface area is 182 Å². The van der Waals surface area contributed by atoms with Crippen molar-refractivity contribution in [2.75, 3.05) is 25.5 Å². The molecule has 1 N–H and O–H groups in total. The Morgan fingerprint density at radius 2 is 2.00 bits per heavy atom. The van der Waals surface area contributed by atoms with Gasteiger partial charge in [-0.2, -0.15) is 13.2 Å². The van der Waals surface area contributed by atoms with E-state index in [0.717, 1.165) is 31.6 Å². The van der Waals surface area contributed by atoms with Crippen LogP contribution in [0.3, 0.4) is 0 Å². The third-order valence-corrected chi connectivity index (χ3v) is 5.68. The summed E-state index contributed by atoms with van der Waals surface area (Å²) in [6, 6.07) is 6.29. The summed E-state index contributed by atoms with van der Waals surface area (Å²) in [5, 5.41) is 3.71. The van der Waals surface area contributed by atoms with E-state index >= 15 is 0 Å². The second-order valence-electron chi connectivity index (χ2n) is 8.11. The first-order valence-corrected chi connectivity index (χ1v) is 10.3. The molecule has 0 amide bonds. The maximum absolute atomic E-state index is 13.1. The van der Waals surface area contributed by atoms with Crippen LogP contribution in [0.25, 0.3) is 11.0 Å². The average molecular weight is 447 g/mol. The second kappa shape index (κ2) is 8.42. The van der Waals surface area contributed by atoms with Gasteiger partial charge in [-0.25, -0.2) is 9.97 Å². The number of likely N-dealkylation sites (N-methyl/N-ethyl adjacent to an activating group) is 1. The third kappa shape index (κ3) is 4.40. The number of hydrogen-bond donors (Lipinski definition) is 1. The van der Waals surface area contributed by atoms with Crippen molar-refractivity contribution in [1.29, 1.82) is 0 Å². The van der Waals surface area contributed by atoms with Crippen LogP contribution >= 0.6 is 0 Å². The highest BCUT2D eigenvalue weighted by Gasteiger charge is 2.31. The Balaban J connectivity index is 1.68. The molecule has 10 heteroatoms. The highest BCUT2D eigenvalue weighted by molar-refractivity contribution is 5.87. The van der Waals surface area contributed by atoms with Gasteiger partial charge in [0.15, 0.2) is 5.75 Å². The van der Waals surface area contributed by atoms with E-state index in [4.69, 9.17) is 4.74 Å². The fourth-order valence-electron chi connectivity index (χ4n) is 3.88. The van der Waals surface area contributed by atoms with Crippen LogP contribution in [0.2, 0.25) is 0 Å². The normalized spacial score (nSPS) is 18.1. The molecule has 3 aromatic rings. The zero-order valence-electron chi connectivity index (χ0n) is 18.0. The van der Waals surface area contributed by atoms with Crippen LogP contribution < -0.4 is 15.6 Å². The minimum absolute atomic E-state index is 0.0878. The van der Waals surface area contributed by atoms with Crippen molar-refractivity contribution in [3.05, 3.63) is 58.1 Å². The van der Waals surface area contributed by atoms with E-state index in [1.807, 2.05) is 7.05 Å². The van der Waals surface area contributed by atoms with Gasteiger partial charge in [0.1, 0.15) is 23.9 Å². The Hall–Kier alpha value is -3.14. The Morgan fingerprint density at radius 3 is 2.69 bits per heavy atom. The SMILES string of the molecule is C[C@@H](Nc1ncnc2c1cc(OC1CCN(C)C1)c(=O)n2C)c1cccc(C(F)(F)F)c1. The first-order valence-electron chi connectivity index (χ1n) is 10.3. The topological polar surface area (TPSA) is 72.3 Å². The van der Waals surface area contributed by atoms with Gasteiger partial charge in [-0.3, -0.25) is 9.36 Å². The minimum Gasteiger partial charge on any atom is -0.483 e. The lowest BCUT2D eigenvalue weighted by Crippen LogP contribution is -2.27. The average Bonchev–Trinajstić information content (AvgIpc) is 3.16. The molecule has 1 aliphatic heterocycles. The number of rotatable bonds is 5. The molecule has 2 atom stereocenters. The van der Waals surface area contributed by atoms with Gasteiger partial charge in [-0.05, 0) is 38.1 Å². The highest BCUT2D eigenvalue weighted by Crippen LogP contribution is 2.32. The number of alkyl halides is 3. The monoisotopic (exact) mass is 447 g/mol. The van der Waals surface area contributed by atoms with Crippen molar-refractivity contribution in [2.45, 2.75) is 31.7 Å². The number of nitrogens with zero attached hydrogens (tertiary/aromatic N) is 4. The van der Waals surface area contributed by atoms with E-state index < -0.39 is 17.8 Å². The van der Waals surface area contributed by atoms with Crippen LogP contribution in [0, 0.1) is 0 Å². The molecule has 0 bridgehead atoms. The number of likely N-dealkylation sites (tertiary alicyclic amines) is 1. The van der Waals surface area contributed by atoms with E-state index in [-0.39, 0.29) is 17.4 Å². The first kappa shape index (κ1) is 22.1. The quantitative estimate of drug-likeness (QED) is 0.645. The van der Waals surface area contributed by atoms with E-state index in [0.29, 0.717) is 22.4 Å². The standard InChI is InChI=1S/C22H24F3N5O2/c1-13(14-5-4-6-15(9-14)22(23,24)25)28-19-17-10-18(32-16-7-8-29(2)11-16)21(31)30(3)20(17)27-12-26-19/h4-6,9-10,12-13,16H,7-8,11H2,1-3H3,(H,26,27,28)/t13-,16?/m1/s1. The zero-order valence-corrected chi connectivity index (χ0v) is 18.0. The number of aromatic nitrogens is 3. The van der Waals surface area contributed by atoms with Crippen LogP contribution in [-0.2, 0) is 13.2 Å². The number of fused-ring (bicyclic) bond motifs is 1. The summed E-state index contributed by atoms with van der Waals surface area (Å²) in [5.74, 6) is 0.605. The van der Waals surface area contributed by atoms with Gasteiger partial charge in [0, 0.05) is 32.2 Å². The molecule has 170 valence electrons. The molecule has 1 aliphatic rings. The first-order chi connectivity index (χ1) is 15.1. The lowest BCUT2D eigenvalue weighted by atomic mass is 10.0. The molecule has 4 rings (SSSR count). The Bertz CT molecular complexity index is 1190. The number of nitrogens with one attached hydrogen (secondary N) is 1. The van der Waals surface area contributed by atoms with Crippen molar-refractivity contribution in [1.82, 2.24) is 19.4 Å². The molecule has 0 saturated carbocycles. The van der Waals surface area contributed by atoms with Crippen molar-refractivity contribution in [3.63, 3.8) is 0 Å². The zero-order chi connectivity index (χ0) is 23.0. The van der Waals surface area contributed by atoms with Crippen molar-refractivity contribution >= 4 is 16.9 Å². The van der Waals surface area contributed by atoms with Gasteiger partial charge in [0.2, 0.25) is 0 Å². The lowest BCUT2D eigenvalue weighted by Gasteiger charge is -2.19. The van der Waals surface area contributed by atoms with Gasteiger partial charge in [-0.15, -0.1) is 0 Å². The lowest BCUT2D eigenvalue weighted by molar-refractivity contribution is -0.137. The molecular weight excluding hydrogens is 423 g/mol. The number of pyridine rings is 1. The third-order valence-electron chi connectivity index (χ3n) is 5.68. The maximum Gasteiger partial charge on any atom is 0.416 e. The van der Waals surface area contributed by atoms with Gasteiger partial charge < -0.3 is 15.0 Å². The molecule has 0 radical (unpaired) electrons. The smallest absolute Gasteiger partial charge is 0.416 e. The summed E-state index contributed by atoms with van der Waals surface area (Å²) in [7, 11) is 3.60. The molecule has 1 fully saturated rings. The molecule has 3 heterocycles. The fraction of sp³-hybridized carbons (Fsp3) is 0.409. The van der Waals surface area contributed by atoms with Crippen molar-refractivity contribution < 1.29 is 17.9 Å². The molecule has 1 unspecified atom stereocenters. The van der Waals surface area contributed by atoms with E-state index in [1.165, 1.54) is 17.0 Å². The van der Waals surface area contributed by atoms with Gasteiger partial charge in [0.05, 0.1) is 10.9 Å². The number of ether oxygens (including phenoxy) is 1. The summed E-state index contributed by atoms with van der Waals surface area (Å²) >= 11 is 0. The predicted octanol–water partition coefficient (Wildman–Crippen LogP) is 3.60. The number of benzene rings is 1. The number of aryl methyl sites for hydroxylation is 1. The van der Waals surface area contributed by atoms with Crippen molar-refractivity contribution in [3.8, 4) is 5.75 Å². The summed E-state index contributed by atoms with van der Waals surface area (Å²) in [6.45, 7) is 3.37. The van der Waals surface area contributed by atoms with Crippen LogP contribution in [0.15, 0.2) is 41.5 Å². The van der Waals surface area contributed by atoms with Gasteiger partial charge >= 0.3 is 6.18 Å². The molecule has 2 aromatic heterocycles. The van der Waals surface area contributed by atoms with E-state index in [1.54, 1.807) is 26.1 Å². The van der Waals surface area contributed by atoms with Gasteiger partial charge in [-0.1, -0.05) is 12.1 Å². The molecule has 1 saturated heterocycles. The maximum atomic E-state index is 13.1. The number of hydrogen-bond acceptors (Lipinski definition) is 6. The number of anilines is 1. The molecule has 0 aliphatic carbocycles. The van der Waals surface area contributed by atoms with Crippen LogP contribution in [-0.4, -0.2) is 45.7 Å². The molecule has 0 spiro atoms. The minimum atomic E-state index is -4.42. The molecule has 7 nitrogen and oxygen atoms in total. The summed E-state index contributed by atoms with van der Waals surface area (Å²) in [5.41, 5.74) is -0.153. The van der Waals surface area contributed by atoms with Gasteiger partial charge in [0.25, 0.3) is 5.56 Å². The molecule has 1 aromatic carbocycles. The van der Waals surface area contributed by atoms with E-state index in [2.05, 4.69) is 20.2 Å². The predicted molar refractivity (Wildman–Crippen MR) is 115 cm³/mol.